The van der Waals surface area contributed by atoms with Crippen LogP contribution in [0.2, 0.25) is 0 Å². The number of sulfone groups is 1. The number of nitrogens with zero attached hydrogens (tertiary/aromatic N) is 2. The number of imide groups is 1. The molecule has 0 fully saturated rings. The molecule has 48 heavy (non-hydrogen) atoms. The first-order chi connectivity index (χ1) is 22.6. The van der Waals surface area contributed by atoms with Crippen LogP contribution in [0, 0.1) is 5.92 Å². The molecule has 2 rings (SSSR count). The molecule has 1 heterocycles. The normalized spacial score (nSPS) is 13.0. The quantitative estimate of drug-likeness (QED) is 0.152. The van der Waals surface area contributed by atoms with E-state index >= 15 is 0 Å². The summed E-state index contributed by atoms with van der Waals surface area (Å²) in [6.07, 6.45) is 6.10. The maximum Gasteiger partial charge on any atom is 0.410 e. The molecule has 274 valence electrons. The highest BCUT2D eigenvalue weighted by Gasteiger charge is 2.22. The summed E-state index contributed by atoms with van der Waals surface area (Å²) in [5, 5.41) is 7.70. The summed E-state index contributed by atoms with van der Waals surface area (Å²) in [5.41, 5.74) is 1.11. The summed E-state index contributed by atoms with van der Waals surface area (Å²) in [6.45, 7) is 9.92. The van der Waals surface area contributed by atoms with Gasteiger partial charge in [-0.25, -0.2) is 13.2 Å². The van der Waals surface area contributed by atoms with Crippen LogP contribution < -0.4 is 16.0 Å². The average molecular weight is 700 g/mol. The van der Waals surface area contributed by atoms with Crippen molar-refractivity contribution in [1.82, 2.24) is 20.4 Å². The molecule has 0 spiro atoms. The van der Waals surface area contributed by atoms with Crippen LogP contribution in [0.15, 0.2) is 36.4 Å². The van der Waals surface area contributed by atoms with Gasteiger partial charge >= 0.3 is 6.09 Å². The standard InChI is InChI=1S/C30H43N5O9S.C3H8.3H2/c1-21(2)19-34(16-17-45(4,42)43)30(41)44-20-23-9-11-24(12-10-23)33-29(40)22(3)32-26(37)18-31-25(36)8-6-5-7-15-35-27(38)13-14-28(35)39;1-3-2;;;/h9-14,21-22H,5-8,15-20H2,1-4H3,(H,31,36)(H,32,37)(H,33,40);3H2,1-2H3;3*1H/t22-;;;;/m0..../s1. The molecule has 1 aliphatic heterocycles. The van der Waals surface area contributed by atoms with E-state index in [2.05, 4.69) is 29.8 Å². The number of benzene rings is 1. The minimum atomic E-state index is -3.24. The number of hydrogen-bond donors (Lipinski definition) is 3. The summed E-state index contributed by atoms with van der Waals surface area (Å²) in [5.74, 6) is -2.05. The van der Waals surface area contributed by atoms with E-state index in [1.807, 2.05) is 13.8 Å². The zero-order valence-corrected chi connectivity index (χ0v) is 29.7. The second kappa shape index (κ2) is 21.6. The summed E-state index contributed by atoms with van der Waals surface area (Å²) in [6, 6.07) is 5.66. The minimum absolute atomic E-state index is 0. The number of carbonyl (C=O) groups is 6. The van der Waals surface area contributed by atoms with Crippen molar-refractivity contribution in [3.63, 3.8) is 0 Å². The Morgan fingerprint density at radius 1 is 0.938 bits per heavy atom. The Morgan fingerprint density at radius 2 is 1.54 bits per heavy atom. The van der Waals surface area contributed by atoms with E-state index in [1.54, 1.807) is 24.3 Å². The third kappa shape index (κ3) is 17.6. The van der Waals surface area contributed by atoms with Crippen LogP contribution in [0.5, 0.6) is 0 Å². The van der Waals surface area contributed by atoms with Gasteiger partial charge in [0.25, 0.3) is 11.8 Å². The van der Waals surface area contributed by atoms with Crippen LogP contribution in [-0.2, 0) is 45.2 Å². The molecule has 14 nitrogen and oxygen atoms in total. The zero-order valence-electron chi connectivity index (χ0n) is 28.9. The Hall–Kier alpha value is -4.27. The first-order valence-corrected chi connectivity index (χ1v) is 18.2. The molecule has 3 N–H and O–H groups in total. The van der Waals surface area contributed by atoms with Crippen molar-refractivity contribution in [3.05, 3.63) is 42.0 Å². The van der Waals surface area contributed by atoms with Crippen LogP contribution in [-0.4, -0.2) is 98.1 Å². The van der Waals surface area contributed by atoms with Gasteiger partial charge in [-0.1, -0.05) is 52.7 Å². The second-order valence-corrected chi connectivity index (χ2v) is 14.2. The van der Waals surface area contributed by atoms with Crippen LogP contribution in [0.25, 0.3) is 0 Å². The van der Waals surface area contributed by atoms with Gasteiger partial charge in [-0.05, 0) is 43.4 Å². The van der Waals surface area contributed by atoms with Crippen molar-refractivity contribution in [2.45, 2.75) is 79.4 Å². The molecule has 1 aromatic carbocycles. The highest BCUT2D eigenvalue weighted by atomic mass is 32.2. The molecule has 0 saturated carbocycles. The lowest BCUT2D eigenvalue weighted by atomic mass is 10.2. The number of ether oxygens (including phenoxy) is 1. The van der Waals surface area contributed by atoms with Crippen molar-refractivity contribution in [2.75, 3.05) is 43.5 Å². The minimum Gasteiger partial charge on any atom is -0.445 e. The molecule has 15 heteroatoms. The van der Waals surface area contributed by atoms with Gasteiger partial charge in [-0.3, -0.25) is 28.9 Å². The van der Waals surface area contributed by atoms with Crippen molar-refractivity contribution in [1.29, 1.82) is 0 Å². The third-order valence-electron chi connectivity index (χ3n) is 6.56. The lowest BCUT2D eigenvalue weighted by Crippen LogP contribution is -2.45. The Balaban J connectivity index is -0.00000370. The number of nitrogens with one attached hydrogen (secondary N) is 3. The average Bonchev–Trinajstić information content (AvgIpc) is 3.33. The SMILES string of the molecule is CC(C)CN(CCS(C)(=O)=O)C(=O)OCc1ccc(NC(=O)[C@H](C)NC(=O)CNC(=O)CCCCCN2C(=O)C=CC2=O)cc1.CCC.[HH].[HH].[HH]. The summed E-state index contributed by atoms with van der Waals surface area (Å²) >= 11 is 0. The number of hydrogen-bond acceptors (Lipinski definition) is 9. The molecular formula is C33H57N5O9S. The van der Waals surface area contributed by atoms with Gasteiger partial charge in [0.15, 0.2) is 0 Å². The maximum atomic E-state index is 12.5. The van der Waals surface area contributed by atoms with E-state index in [9.17, 15) is 37.2 Å². The fourth-order valence-electron chi connectivity index (χ4n) is 4.15. The summed E-state index contributed by atoms with van der Waals surface area (Å²) in [4.78, 5) is 74.8. The van der Waals surface area contributed by atoms with Gasteiger partial charge in [0, 0.05) is 54.4 Å². The number of anilines is 1. The van der Waals surface area contributed by atoms with Gasteiger partial charge in [0.2, 0.25) is 17.7 Å². The molecule has 1 atom stereocenters. The van der Waals surface area contributed by atoms with E-state index in [0.717, 1.165) is 11.2 Å². The molecule has 0 bridgehead atoms. The smallest absolute Gasteiger partial charge is 0.410 e. The lowest BCUT2D eigenvalue weighted by molar-refractivity contribution is -0.137. The summed E-state index contributed by atoms with van der Waals surface area (Å²) in [7, 11) is -3.24. The van der Waals surface area contributed by atoms with E-state index in [0.29, 0.717) is 43.6 Å². The van der Waals surface area contributed by atoms with E-state index < -0.39 is 33.8 Å². The predicted molar refractivity (Wildman–Crippen MR) is 189 cm³/mol. The van der Waals surface area contributed by atoms with Crippen LogP contribution >= 0.6 is 0 Å². The highest BCUT2D eigenvalue weighted by Crippen LogP contribution is 2.12. The monoisotopic (exact) mass is 699 g/mol. The van der Waals surface area contributed by atoms with Crippen molar-refractivity contribution >= 4 is 51.2 Å². The van der Waals surface area contributed by atoms with Crippen LogP contribution in [0.3, 0.4) is 0 Å². The predicted octanol–water partition coefficient (Wildman–Crippen LogP) is 3.52. The van der Waals surface area contributed by atoms with Crippen molar-refractivity contribution in [3.8, 4) is 0 Å². The molecule has 0 aliphatic carbocycles. The second-order valence-electron chi connectivity index (χ2n) is 12.0. The van der Waals surface area contributed by atoms with E-state index in [1.165, 1.54) is 30.4 Å². The number of rotatable bonds is 18. The molecule has 0 aromatic heterocycles. The molecule has 1 aromatic rings. The lowest BCUT2D eigenvalue weighted by Gasteiger charge is -2.23. The van der Waals surface area contributed by atoms with E-state index in [-0.39, 0.29) is 59.8 Å². The first kappa shape index (κ1) is 41.8. The summed E-state index contributed by atoms with van der Waals surface area (Å²) < 4.78 is 28.4. The van der Waals surface area contributed by atoms with Gasteiger partial charge < -0.3 is 25.6 Å². The van der Waals surface area contributed by atoms with Crippen LogP contribution in [0.4, 0.5) is 10.5 Å². The topological polar surface area (TPSA) is 188 Å². The van der Waals surface area contributed by atoms with E-state index in [4.69, 9.17) is 4.74 Å². The Morgan fingerprint density at radius 3 is 2.10 bits per heavy atom. The zero-order chi connectivity index (χ0) is 36.3. The molecule has 0 unspecified atom stereocenters. The maximum absolute atomic E-state index is 12.5. The molecule has 0 saturated heterocycles. The Kier molecular flexibility index (Phi) is 18.8. The van der Waals surface area contributed by atoms with Crippen molar-refractivity contribution in [2.24, 2.45) is 5.92 Å². The fraction of sp³-hybridized carbons (Fsp3) is 0.576. The van der Waals surface area contributed by atoms with Gasteiger partial charge in [0.05, 0.1) is 12.3 Å². The molecule has 6 amide bonds. The third-order valence-corrected chi connectivity index (χ3v) is 7.49. The number of unbranched alkanes of at least 4 members (excludes halogenated alkanes) is 2. The highest BCUT2D eigenvalue weighted by molar-refractivity contribution is 7.90. The first-order valence-electron chi connectivity index (χ1n) is 16.1. The molecular weight excluding hydrogens is 642 g/mol. The van der Waals surface area contributed by atoms with Gasteiger partial charge in [-0.2, -0.15) is 0 Å². The van der Waals surface area contributed by atoms with Crippen LogP contribution in [0.1, 0.15) is 76.6 Å². The number of carbonyl (C=O) groups excluding carboxylic acids is 6. The fourth-order valence-corrected chi connectivity index (χ4v) is 4.71. The molecule has 1 aliphatic rings. The van der Waals surface area contributed by atoms with Crippen molar-refractivity contribution < 1.29 is 46.2 Å². The Bertz CT molecular complexity index is 1380. The Labute approximate surface area is 288 Å². The largest absolute Gasteiger partial charge is 0.445 e. The molecule has 0 radical (unpaired) electrons. The van der Waals surface area contributed by atoms with Gasteiger partial charge in [0.1, 0.15) is 22.5 Å². The van der Waals surface area contributed by atoms with Gasteiger partial charge in [-0.15, -0.1) is 0 Å². The number of amides is 6.